The van der Waals surface area contributed by atoms with Gasteiger partial charge in [0.2, 0.25) is 5.91 Å². The number of nitrogens with one attached hydrogen (secondary N) is 2. The minimum atomic E-state index is -0.107. The molecule has 2 atom stereocenters. The van der Waals surface area contributed by atoms with Crippen LogP contribution in [0.5, 0.6) is 0 Å². The molecule has 6 nitrogen and oxygen atoms in total. The smallest absolute Gasteiger partial charge is 0.237 e. The topological polar surface area (TPSA) is 73.9 Å². The zero-order valence-corrected chi connectivity index (χ0v) is 16.4. The van der Waals surface area contributed by atoms with Crippen LogP contribution in [0.2, 0.25) is 0 Å². The molecule has 3 heterocycles. The molecular formula is C21H23N5OS. The number of likely N-dealkylation sites (tertiary alicyclic amines) is 1. The molecule has 1 saturated carbocycles. The Morgan fingerprint density at radius 3 is 2.86 bits per heavy atom. The molecule has 0 radical (unpaired) electrons. The average Bonchev–Trinajstić information content (AvgIpc) is 3.28. The van der Waals surface area contributed by atoms with Crippen molar-refractivity contribution in [3.63, 3.8) is 0 Å². The lowest BCUT2D eigenvalue weighted by molar-refractivity contribution is -0.125. The summed E-state index contributed by atoms with van der Waals surface area (Å²) in [7, 11) is 0. The number of fused-ring (bicyclic) bond motifs is 1. The first-order chi connectivity index (χ1) is 13.7. The van der Waals surface area contributed by atoms with Crippen molar-refractivity contribution in [1.82, 2.24) is 25.2 Å². The summed E-state index contributed by atoms with van der Waals surface area (Å²) >= 11 is 1.74. The van der Waals surface area contributed by atoms with Gasteiger partial charge in [-0.1, -0.05) is 30.0 Å². The minimum absolute atomic E-state index is 0.107. The van der Waals surface area contributed by atoms with Crippen LogP contribution < -0.4 is 5.32 Å². The van der Waals surface area contributed by atoms with E-state index in [2.05, 4.69) is 25.2 Å². The summed E-state index contributed by atoms with van der Waals surface area (Å²) in [5, 5.41) is 4.43. The molecule has 1 saturated heterocycles. The molecule has 0 bridgehead atoms. The highest BCUT2D eigenvalue weighted by Gasteiger charge is 2.39. The number of para-hydroxylation sites is 2. The number of nitrogens with zero attached hydrogens (tertiary/aromatic N) is 3. The van der Waals surface area contributed by atoms with Gasteiger partial charge in [0.25, 0.3) is 0 Å². The first-order valence-corrected chi connectivity index (χ1v) is 10.7. The standard InChI is InChI=1S/C21H23N5OS/c27-20(23-14-8-9-14)19-11-16(13-26(19)12-15-5-3-4-10-22-15)28-21-24-17-6-1-2-7-18(17)25-21/h1-7,10,14,16,19H,8-9,11-13H2,(H,23,27)(H,24,25)/t16-,19+/m1/s1. The van der Waals surface area contributed by atoms with Crippen LogP contribution in [0.25, 0.3) is 11.0 Å². The first-order valence-electron chi connectivity index (χ1n) is 9.80. The van der Waals surface area contributed by atoms with Gasteiger partial charge in [0.05, 0.1) is 22.8 Å². The van der Waals surface area contributed by atoms with Gasteiger partial charge in [-0.25, -0.2) is 4.98 Å². The van der Waals surface area contributed by atoms with Gasteiger partial charge < -0.3 is 10.3 Å². The third-order valence-corrected chi connectivity index (χ3v) is 6.42. The maximum Gasteiger partial charge on any atom is 0.237 e. The van der Waals surface area contributed by atoms with Crippen molar-refractivity contribution in [2.75, 3.05) is 6.54 Å². The Bertz CT molecular complexity index is 938. The molecule has 5 rings (SSSR count). The van der Waals surface area contributed by atoms with Crippen molar-refractivity contribution in [3.05, 3.63) is 54.4 Å². The third-order valence-electron chi connectivity index (χ3n) is 5.33. The monoisotopic (exact) mass is 393 g/mol. The molecule has 0 spiro atoms. The molecule has 2 aliphatic rings. The highest BCUT2D eigenvalue weighted by Crippen LogP contribution is 2.33. The lowest BCUT2D eigenvalue weighted by Gasteiger charge is -2.23. The number of H-pyrrole nitrogens is 1. The molecule has 1 aromatic carbocycles. The third kappa shape index (κ3) is 3.91. The molecule has 7 heteroatoms. The van der Waals surface area contributed by atoms with E-state index in [4.69, 9.17) is 0 Å². The Kier molecular flexibility index (Phi) is 4.78. The SMILES string of the molecule is O=C(NC1CC1)[C@@H]1C[C@@H](Sc2nc3ccccc3[nH]2)CN1Cc1ccccn1. The second kappa shape index (κ2) is 7.56. The minimum Gasteiger partial charge on any atom is -0.352 e. The highest BCUT2D eigenvalue weighted by atomic mass is 32.2. The van der Waals surface area contributed by atoms with Gasteiger partial charge in [-0.3, -0.25) is 14.7 Å². The zero-order valence-electron chi connectivity index (χ0n) is 15.5. The van der Waals surface area contributed by atoms with E-state index >= 15 is 0 Å². The fourth-order valence-corrected chi connectivity index (χ4v) is 4.94. The predicted octanol–water partition coefficient (Wildman–Crippen LogP) is 2.97. The summed E-state index contributed by atoms with van der Waals surface area (Å²) in [6.07, 6.45) is 4.85. The quantitative estimate of drug-likeness (QED) is 0.674. The summed E-state index contributed by atoms with van der Waals surface area (Å²) in [5.41, 5.74) is 3.04. The van der Waals surface area contributed by atoms with Crippen LogP contribution in [0.15, 0.2) is 53.8 Å². The Labute approximate surface area is 168 Å². The number of hydrogen-bond acceptors (Lipinski definition) is 5. The van der Waals surface area contributed by atoms with Crippen LogP contribution in [0.1, 0.15) is 25.0 Å². The van der Waals surface area contributed by atoms with Crippen LogP contribution in [-0.2, 0) is 11.3 Å². The number of aromatic nitrogens is 3. The van der Waals surface area contributed by atoms with Crippen molar-refractivity contribution in [2.24, 2.45) is 0 Å². The molecule has 3 aromatic rings. The van der Waals surface area contributed by atoms with Crippen LogP contribution in [0, 0.1) is 0 Å². The van der Waals surface area contributed by atoms with E-state index in [9.17, 15) is 4.79 Å². The number of carbonyl (C=O) groups is 1. The number of thioether (sulfide) groups is 1. The van der Waals surface area contributed by atoms with Crippen molar-refractivity contribution < 1.29 is 4.79 Å². The largest absolute Gasteiger partial charge is 0.352 e. The van der Waals surface area contributed by atoms with E-state index in [-0.39, 0.29) is 11.9 Å². The van der Waals surface area contributed by atoms with Gasteiger partial charge in [0, 0.05) is 30.6 Å². The molecule has 1 amide bonds. The number of aromatic amines is 1. The van der Waals surface area contributed by atoms with E-state index < -0.39 is 0 Å². The second-order valence-electron chi connectivity index (χ2n) is 7.58. The van der Waals surface area contributed by atoms with Crippen LogP contribution in [-0.4, -0.2) is 49.6 Å². The average molecular weight is 394 g/mol. The van der Waals surface area contributed by atoms with Crippen molar-refractivity contribution in [3.8, 4) is 0 Å². The Morgan fingerprint density at radius 2 is 2.07 bits per heavy atom. The number of imidazole rings is 1. The van der Waals surface area contributed by atoms with Crippen molar-refractivity contribution in [1.29, 1.82) is 0 Å². The number of benzene rings is 1. The summed E-state index contributed by atoms with van der Waals surface area (Å²) in [5.74, 6) is 0.158. The Balaban J connectivity index is 1.32. The second-order valence-corrected chi connectivity index (χ2v) is 8.87. The fourth-order valence-electron chi connectivity index (χ4n) is 3.76. The van der Waals surface area contributed by atoms with E-state index in [0.29, 0.717) is 17.8 Å². The van der Waals surface area contributed by atoms with Gasteiger partial charge in [-0.05, 0) is 43.5 Å². The van der Waals surface area contributed by atoms with E-state index in [1.807, 2.05) is 48.7 Å². The van der Waals surface area contributed by atoms with Crippen molar-refractivity contribution in [2.45, 2.75) is 48.3 Å². The molecule has 0 unspecified atom stereocenters. The molecular weight excluding hydrogens is 370 g/mol. The molecule has 144 valence electrons. The fraction of sp³-hybridized carbons (Fsp3) is 0.381. The van der Waals surface area contributed by atoms with Crippen LogP contribution in [0.4, 0.5) is 0 Å². The van der Waals surface area contributed by atoms with Crippen LogP contribution >= 0.6 is 11.8 Å². The van der Waals surface area contributed by atoms with Gasteiger partial charge in [-0.15, -0.1) is 0 Å². The van der Waals surface area contributed by atoms with E-state index in [1.165, 1.54) is 0 Å². The zero-order chi connectivity index (χ0) is 18.9. The maximum atomic E-state index is 12.8. The number of amides is 1. The normalized spacial score (nSPS) is 22.6. The lowest BCUT2D eigenvalue weighted by atomic mass is 10.2. The molecule has 28 heavy (non-hydrogen) atoms. The van der Waals surface area contributed by atoms with Gasteiger partial charge in [0.1, 0.15) is 0 Å². The predicted molar refractivity (Wildman–Crippen MR) is 110 cm³/mol. The van der Waals surface area contributed by atoms with Gasteiger partial charge in [0.15, 0.2) is 5.16 Å². The molecule has 1 aliphatic heterocycles. The van der Waals surface area contributed by atoms with E-state index in [1.54, 1.807) is 11.8 Å². The summed E-state index contributed by atoms with van der Waals surface area (Å²) in [4.78, 5) is 27.6. The maximum absolute atomic E-state index is 12.8. The van der Waals surface area contributed by atoms with Gasteiger partial charge >= 0.3 is 0 Å². The number of rotatable bonds is 6. The molecule has 2 fully saturated rings. The molecule has 1 aliphatic carbocycles. The Morgan fingerprint density at radius 1 is 1.21 bits per heavy atom. The molecule has 2 aromatic heterocycles. The summed E-state index contributed by atoms with van der Waals surface area (Å²) in [6.45, 7) is 1.54. The molecule has 2 N–H and O–H groups in total. The van der Waals surface area contributed by atoms with E-state index in [0.717, 1.165) is 47.7 Å². The lowest BCUT2D eigenvalue weighted by Crippen LogP contribution is -2.43. The number of pyridine rings is 1. The Hall–Kier alpha value is -2.38. The number of hydrogen-bond donors (Lipinski definition) is 2. The first kappa shape index (κ1) is 17.7. The highest BCUT2D eigenvalue weighted by molar-refractivity contribution is 7.99. The van der Waals surface area contributed by atoms with Gasteiger partial charge in [-0.2, -0.15) is 0 Å². The van der Waals surface area contributed by atoms with Crippen LogP contribution in [0.3, 0.4) is 0 Å². The van der Waals surface area contributed by atoms with Crippen molar-refractivity contribution >= 4 is 28.7 Å². The summed E-state index contributed by atoms with van der Waals surface area (Å²) < 4.78 is 0. The summed E-state index contributed by atoms with van der Waals surface area (Å²) in [6, 6.07) is 14.3. The number of carbonyl (C=O) groups excluding carboxylic acids is 1.